The smallest absolute Gasteiger partial charge is 0.408 e. The summed E-state index contributed by atoms with van der Waals surface area (Å²) in [5.74, 6) is -2.93. The molecule has 6 nitrogen and oxygen atoms in total. The number of hydrogen-bond acceptors (Lipinski definition) is 4. The number of nitrogens with zero attached hydrogens (tertiary/aromatic N) is 1. The molecule has 0 aliphatic rings. The maximum absolute atomic E-state index is 13.8. The number of para-hydroxylation sites is 2. The van der Waals surface area contributed by atoms with Crippen molar-refractivity contribution in [2.75, 3.05) is 6.54 Å². The third-order valence-corrected chi connectivity index (χ3v) is 4.02. The van der Waals surface area contributed by atoms with Crippen LogP contribution in [0.15, 0.2) is 51.7 Å². The number of aromatic nitrogens is 1. The molecule has 3 rings (SSSR count). The van der Waals surface area contributed by atoms with Gasteiger partial charge in [0.05, 0.1) is 12.1 Å². The largest absolute Gasteiger partial charge is 0.420 e. The van der Waals surface area contributed by atoms with Crippen LogP contribution < -0.4 is 11.1 Å². The summed E-state index contributed by atoms with van der Waals surface area (Å²) in [5.41, 5.74) is -1.09. The van der Waals surface area contributed by atoms with Gasteiger partial charge in [-0.25, -0.2) is 13.6 Å². The lowest BCUT2D eigenvalue weighted by Gasteiger charge is -2.24. The number of carbonyl (C=O) groups is 1. The lowest BCUT2D eigenvalue weighted by molar-refractivity contribution is -0.122. The van der Waals surface area contributed by atoms with Crippen molar-refractivity contribution in [2.24, 2.45) is 0 Å². The topological polar surface area (TPSA) is 84.5 Å². The molecule has 1 heterocycles. The van der Waals surface area contributed by atoms with Gasteiger partial charge in [0, 0.05) is 11.6 Å². The van der Waals surface area contributed by atoms with Crippen molar-refractivity contribution in [1.82, 2.24) is 9.88 Å². The lowest BCUT2D eigenvalue weighted by Crippen LogP contribution is -2.41. The van der Waals surface area contributed by atoms with Gasteiger partial charge in [-0.3, -0.25) is 9.36 Å². The Kier molecular flexibility index (Phi) is 4.60. The van der Waals surface area contributed by atoms with Crippen molar-refractivity contribution >= 4 is 17.0 Å². The zero-order chi connectivity index (χ0) is 18.9. The van der Waals surface area contributed by atoms with Crippen molar-refractivity contribution in [2.45, 2.75) is 19.1 Å². The van der Waals surface area contributed by atoms with Crippen molar-refractivity contribution < 1.29 is 23.1 Å². The van der Waals surface area contributed by atoms with Gasteiger partial charge in [0.15, 0.2) is 5.58 Å². The molecule has 0 saturated heterocycles. The summed E-state index contributed by atoms with van der Waals surface area (Å²) in [6.07, 6.45) is 0. The number of aliphatic hydroxyl groups is 1. The number of carbonyl (C=O) groups excluding carboxylic acids is 1. The molecule has 1 aromatic heterocycles. The van der Waals surface area contributed by atoms with Crippen LogP contribution in [-0.2, 0) is 16.9 Å². The van der Waals surface area contributed by atoms with Gasteiger partial charge >= 0.3 is 5.76 Å². The number of oxazole rings is 1. The molecule has 1 unspecified atom stereocenters. The van der Waals surface area contributed by atoms with Crippen molar-refractivity contribution in [1.29, 1.82) is 0 Å². The molecule has 1 atom stereocenters. The van der Waals surface area contributed by atoms with Crippen LogP contribution in [0.1, 0.15) is 12.5 Å². The van der Waals surface area contributed by atoms with Crippen molar-refractivity contribution in [3.63, 3.8) is 0 Å². The van der Waals surface area contributed by atoms with Crippen LogP contribution >= 0.6 is 0 Å². The fraction of sp³-hybridized carbons (Fsp3) is 0.222. The maximum Gasteiger partial charge on any atom is 0.420 e. The first-order valence-corrected chi connectivity index (χ1v) is 7.81. The second-order valence-electron chi connectivity index (χ2n) is 6.10. The second kappa shape index (κ2) is 6.72. The van der Waals surface area contributed by atoms with Gasteiger partial charge in [-0.1, -0.05) is 18.2 Å². The minimum Gasteiger partial charge on any atom is -0.408 e. The molecule has 1 amide bonds. The van der Waals surface area contributed by atoms with E-state index in [1.54, 1.807) is 24.3 Å². The summed E-state index contributed by atoms with van der Waals surface area (Å²) in [6.45, 7) is 0.653. The van der Waals surface area contributed by atoms with Gasteiger partial charge in [-0.15, -0.1) is 0 Å². The number of rotatable bonds is 5. The van der Waals surface area contributed by atoms with E-state index < -0.39 is 28.9 Å². The first kappa shape index (κ1) is 17.8. The molecule has 26 heavy (non-hydrogen) atoms. The summed E-state index contributed by atoms with van der Waals surface area (Å²) in [7, 11) is 0. The van der Waals surface area contributed by atoms with E-state index in [0.29, 0.717) is 17.2 Å². The fourth-order valence-electron chi connectivity index (χ4n) is 2.66. The summed E-state index contributed by atoms with van der Waals surface area (Å²) in [4.78, 5) is 24.0. The SMILES string of the molecule is CC(O)(CNC(=O)Cn1c(=O)oc2ccccc21)c1ccc(F)cc1F. The highest BCUT2D eigenvalue weighted by Crippen LogP contribution is 2.23. The Labute approximate surface area is 146 Å². The van der Waals surface area contributed by atoms with E-state index >= 15 is 0 Å². The minimum atomic E-state index is -1.75. The average Bonchev–Trinajstić information content (AvgIpc) is 2.88. The summed E-state index contributed by atoms with van der Waals surface area (Å²) in [6, 6.07) is 9.43. The fourth-order valence-corrected chi connectivity index (χ4v) is 2.66. The molecular weight excluding hydrogens is 346 g/mol. The van der Waals surface area contributed by atoms with E-state index in [-0.39, 0.29) is 18.7 Å². The standard InChI is InChI=1S/C18H16F2N2O4/c1-18(25,12-7-6-11(19)8-13(12)20)10-21-16(23)9-22-14-4-2-3-5-15(14)26-17(22)24/h2-8,25H,9-10H2,1H3,(H,21,23). The molecule has 0 radical (unpaired) electrons. The first-order chi connectivity index (χ1) is 12.3. The maximum atomic E-state index is 13.8. The van der Waals surface area contributed by atoms with E-state index in [4.69, 9.17) is 4.42 Å². The number of fused-ring (bicyclic) bond motifs is 1. The molecule has 0 aliphatic carbocycles. The molecule has 0 saturated carbocycles. The van der Waals surface area contributed by atoms with Gasteiger partial charge < -0.3 is 14.8 Å². The first-order valence-electron chi connectivity index (χ1n) is 7.81. The average molecular weight is 362 g/mol. The predicted molar refractivity (Wildman–Crippen MR) is 89.4 cm³/mol. The molecule has 0 spiro atoms. The van der Waals surface area contributed by atoms with E-state index in [2.05, 4.69) is 5.32 Å². The number of halogens is 2. The molecule has 3 aromatic rings. The molecule has 0 aliphatic heterocycles. The van der Waals surface area contributed by atoms with Crippen molar-refractivity contribution in [3.05, 3.63) is 70.2 Å². The highest BCUT2D eigenvalue weighted by molar-refractivity contribution is 5.79. The highest BCUT2D eigenvalue weighted by Gasteiger charge is 2.27. The zero-order valence-electron chi connectivity index (χ0n) is 13.8. The van der Waals surface area contributed by atoms with Gasteiger partial charge in [0.1, 0.15) is 23.8 Å². The highest BCUT2D eigenvalue weighted by atomic mass is 19.1. The Morgan fingerprint density at radius 1 is 1.27 bits per heavy atom. The van der Waals surface area contributed by atoms with Crippen LogP contribution in [0.2, 0.25) is 0 Å². The minimum absolute atomic E-state index is 0.148. The quantitative estimate of drug-likeness (QED) is 0.726. The van der Waals surface area contributed by atoms with Crippen molar-refractivity contribution in [3.8, 4) is 0 Å². The third kappa shape index (κ3) is 3.50. The van der Waals surface area contributed by atoms with Crippen LogP contribution in [0.3, 0.4) is 0 Å². The molecule has 2 aromatic carbocycles. The van der Waals surface area contributed by atoms with Crippen LogP contribution in [0.5, 0.6) is 0 Å². The van der Waals surface area contributed by atoms with E-state index in [1.165, 1.54) is 6.92 Å². The van der Waals surface area contributed by atoms with Crippen LogP contribution in [-0.4, -0.2) is 22.1 Å². The zero-order valence-corrected chi connectivity index (χ0v) is 13.8. The lowest BCUT2D eigenvalue weighted by atomic mass is 9.95. The summed E-state index contributed by atoms with van der Waals surface area (Å²) < 4.78 is 33.0. The number of nitrogens with one attached hydrogen (secondary N) is 1. The molecule has 0 fully saturated rings. The number of hydrogen-bond donors (Lipinski definition) is 2. The Balaban J connectivity index is 1.72. The normalized spacial score (nSPS) is 13.5. The number of amides is 1. The van der Waals surface area contributed by atoms with Gasteiger partial charge in [-0.05, 0) is 25.1 Å². The summed E-state index contributed by atoms with van der Waals surface area (Å²) in [5, 5.41) is 12.8. The second-order valence-corrected chi connectivity index (χ2v) is 6.10. The van der Waals surface area contributed by atoms with E-state index in [0.717, 1.165) is 16.7 Å². The summed E-state index contributed by atoms with van der Waals surface area (Å²) >= 11 is 0. The van der Waals surface area contributed by atoms with E-state index in [9.17, 15) is 23.5 Å². The molecule has 8 heteroatoms. The van der Waals surface area contributed by atoms with Gasteiger partial charge in [0.2, 0.25) is 5.91 Å². The Morgan fingerprint density at radius 3 is 2.73 bits per heavy atom. The number of benzene rings is 2. The van der Waals surface area contributed by atoms with Crippen LogP contribution in [0.4, 0.5) is 8.78 Å². The molecule has 0 bridgehead atoms. The van der Waals surface area contributed by atoms with Crippen LogP contribution in [0.25, 0.3) is 11.1 Å². The molecular formula is C18H16F2N2O4. The van der Waals surface area contributed by atoms with Gasteiger partial charge in [0.25, 0.3) is 0 Å². The van der Waals surface area contributed by atoms with Crippen LogP contribution in [0, 0.1) is 11.6 Å². The predicted octanol–water partition coefficient (Wildman–Crippen LogP) is 1.90. The van der Waals surface area contributed by atoms with Gasteiger partial charge in [-0.2, -0.15) is 0 Å². The third-order valence-electron chi connectivity index (χ3n) is 4.02. The monoisotopic (exact) mass is 362 g/mol. The Morgan fingerprint density at radius 2 is 2.00 bits per heavy atom. The Hall–Kier alpha value is -3.00. The molecule has 2 N–H and O–H groups in total. The molecule has 136 valence electrons. The van der Waals surface area contributed by atoms with E-state index in [1.807, 2.05) is 0 Å². The Bertz CT molecular complexity index is 1020.